The molecule has 8 nitrogen and oxygen atoms in total. The van der Waals surface area contributed by atoms with Crippen LogP contribution in [0.5, 0.6) is 0 Å². The average molecular weight is 359 g/mol. The number of hydrogen-bond donors (Lipinski definition) is 1. The summed E-state index contributed by atoms with van der Waals surface area (Å²) in [7, 11) is 0.788. The Morgan fingerprint density at radius 1 is 1.29 bits per heavy atom. The van der Waals surface area contributed by atoms with Gasteiger partial charge in [0.2, 0.25) is 10.0 Å². The largest absolute Gasteiger partial charge is 0.481 e. The molecule has 1 amide bonds. The molecule has 1 aromatic heterocycles. The standard InChI is InChI=1S/C15H25N3O5S/c1-11(2)9-18(7-6-14(19)20)15(21)13-8-12(10-17(13)5)24(22,23)16(3)4/h8,10-11H,6-7,9H2,1-5H3,(H,19,20). The summed E-state index contributed by atoms with van der Waals surface area (Å²) in [6.45, 7) is 4.32. The lowest BCUT2D eigenvalue weighted by Crippen LogP contribution is -2.36. The molecule has 1 aromatic rings. The Bertz CT molecular complexity index is 707. The fourth-order valence-corrected chi connectivity index (χ4v) is 3.18. The molecule has 0 aliphatic carbocycles. The molecule has 0 saturated heterocycles. The van der Waals surface area contributed by atoms with Gasteiger partial charge in [0.25, 0.3) is 5.91 Å². The van der Waals surface area contributed by atoms with Crippen molar-refractivity contribution in [1.82, 2.24) is 13.8 Å². The molecule has 9 heteroatoms. The normalized spacial score (nSPS) is 12.0. The summed E-state index contributed by atoms with van der Waals surface area (Å²) in [6, 6.07) is 1.33. The summed E-state index contributed by atoms with van der Waals surface area (Å²) in [5, 5.41) is 8.85. The summed E-state index contributed by atoms with van der Waals surface area (Å²) < 4.78 is 26.9. The summed E-state index contributed by atoms with van der Waals surface area (Å²) >= 11 is 0. The second-order valence-electron chi connectivity index (χ2n) is 6.25. The maximum absolute atomic E-state index is 12.7. The van der Waals surface area contributed by atoms with Gasteiger partial charge in [-0.15, -0.1) is 0 Å². The monoisotopic (exact) mass is 359 g/mol. The van der Waals surface area contributed by atoms with Crippen molar-refractivity contribution in [3.05, 3.63) is 18.0 Å². The number of aromatic nitrogens is 1. The molecule has 0 saturated carbocycles. The second-order valence-corrected chi connectivity index (χ2v) is 8.40. The van der Waals surface area contributed by atoms with E-state index in [1.807, 2.05) is 13.8 Å². The average Bonchev–Trinajstić information content (AvgIpc) is 2.84. The summed E-state index contributed by atoms with van der Waals surface area (Å²) in [5.41, 5.74) is 0.210. The zero-order chi connectivity index (χ0) is 18.7. The van der Waals surface area contributed by atoms with Crippen molar-refractivity contribution in [2.45, 2.75) is 25.2 Å². The van der Waals surface area contributed by atoms with E-state index in [9.17, 15) is 18.0 Å². The molecule has 1 N–H and O–H groups in total. The van der Waals surface area contributed by atoms with Crippen molar-refractivity contribution >= 4 is 21.9 Å². The number of carbonyl (C=O) groups excluding carboxylic acids is 1. The van der Waals surface area contributed by atoms with E-state index in [1.165, 1.54) is 35.8 Å². The lowest BCUT2D eigenvalue weighted by atomic mass is 10.2. The number of nitrogens with zero attached hydrogens (tertiary/aromatic N) is 3. The van der Waals surface area contributed by atoms with Gasteiger partial charge in [0.05, 0.1) is 6.42 Å². The van der Waals surface area contributed by atoms with Crippen LogP contribution >= 0.6 is 0 Å². The number of carboxylic acid groups (broad SMARTS) is 1. The van der Waals surface area contributed by atoms with Crippen LogP contribution in [0.15, 0.2) is 17.2 Å². The lowest BCUT2D eigenvalue weighted by molar-refractivity contribution is -0.137. The molecule has 0 bridgehead atoms. The summed E-state index contributed by atoms with van der Waals surface area (Å²) in [5.74, 6) is -1.21. The van der Waals surface area contributed by atoms with Gasteiger partial charge in [0.1, 0.15) is 10.6 Å². The van der Waals surface area contributed by atoms with E-state index in [4.69, 9.17) is 5.11 Å². The van der Waals surface area contributed by atoms with E-state index < -0.39 is 16.0 Å². The van der Waals surface area contributed by atoms with Crippen molar-refractivity contribution in [2.24, 2.45) is 13.0 Å². The first-order valence-corrected chi connectivity index (χ1v) is 9.00. The number of amides is 1. The first kappa shape index (κ1) is 20.2. The van der Waals surface area contributed by atoms with Gasteiger partial charge >= 0.3 is 5.97 Å². The third-order valence-electron chi connectivity index (χ3n) is 3.45. The molecule has 0 unspecified atom stereocenters. The first-order chi connectivity index (χ1) is 11.0. The Hall–Kier alpha value is -1.87. The Balaban J connectivity index is 3.15. The number of rotatable bonds is 8. The minimum Gasteiger partial charge on any atom is -0.481 e. The molecular formula is C15H25N3O5S. The van der Waals surface area contributed by atoms with Crippen molar-refractivity contribution < 1.29 is 23.1 Å². The second kappa shape index (κ2) is 7.80. The lowest BCUT2D eigenvalue weighted by Gasteiger charge is -2.24. The van der Waals surface area contributed by atoms with Crippen LogP contribution < -0.4 is 0 Å². The molecule has 0 aliphatic rings. The highest BCUT2D eigenvalue weighted by Gasteiger charge is 2.25. The Labute approximate surface area is 142 Å². The van der Waals surface area contributed by atoms with Gasteiger partial charge in [-0.1, -0.05) is 13.8 Å². The predicted octanol–water partition coefficient (Wildman–Crippen LogP) is 0.848. The number of carboxylic acids is 1. The van der Waals surface area contributed by atoms with Crippen LogP contribution in [0.1, 0.15) is 30.8 Å². The van der Waals surface area contributed by atoms with Crippen molar-refractivity contribution in [1.29, 1.82) is 0 Å². The van der Waals surface area contributed by atoms with E-state index >= 15 is 0 Å². The van der Waals surface area contributed by atoms with Gasteiger partial charge in [0.15, 0.2) is 0 Å². The summed E-state index contributed by atoms with van der Waals surface area (Å²) in [6.07, 6.45) is 1.22. The molecule has 0 radical (unpaired) electrons. The smallest absolute Gasteiger partial charge is 0.305 e. The van der Waals surface area contributed by atoms with Crippen molar-refractivity contribution in [3.8, 4) is 0 Å². The highest BCUT2D eigenvalue weighted by atomic mass is 32.2. The molecular weight excluding hydrogens is 334 g/mol. The van der Waals surface area contributed by atoms with Crippen LogP contribution in [-0.4, -0.2) is 66.4 Å². The highest BCUT2D eigenvalue weighted by Crippen LogP contribution is 2.18. The quantitative estimate of drug-likeness (QED) is 0.742. The maximum Gasteiger partial charge on any atom is 0.305 e. The number of sulfonamides is 1. The van der Waals surface area contributed by atoms with E-state index in [0.717, 1.165) is 4.31 Å². The molecule has 0 aliphatic heterocycles. The number of aryl methyl sites for hydroxylation is 1. The first-order valence-electron chi connectivity index (χ1n) is 7.56. The molecule has 0 atom stereocenters. The Morgan fingerprint density at radius 3 is 2.33 bits per heavy atom. The highest BCUT2D eigenvalue weighted by molar-refractivity contribution is 7.89. The van der Waals surface area contributed by atoms with Gasteiger partial charge in [-0.05, 0) is 12.0 Å². The molecule has 1 heterocycles. The SMILES string of the molecule is CC(C)CN(CCC(=O)O)C(=O)c1cc(S(=O)(=O)N(C)C)cn1C. The molecule has 0 aromatic carbocycles. The van der Waals surface area contributed by atoms with Gasteiger partial charge in [-0.25, -0.2) is 12.7 Å². The number of carbonyl (C=O) groups is 2. The fraction of sp³-hybridized carbons (Fsp3) is 0.600. The van der Waals surface area contributed by atoms with Crippen molar-refractivity contribution in [3.63, 3.8) is 0 Å². The van der Waals surface area contributed by atoms with Crippen LogP contribution in [-0.2, 0) is 21.9 Å². The van der Waals surface area contributed by atoms with Gasteiger partial charge in [-0.2, -0.15) is 0 Å². The molecule has 24 heavy (non-hydrogen) atoms. The van der Waals surface area contributed by atoms with E-state index in [0.29, 0.717) is 6.54 Å². The maximum atomic E-state index is 12.7. The predicted molar refractivity (Wildman–Crippen MR) is 89.3 cm³/mol. The minimum absolute atomic E-state index is 0.0288. The molecule has 136 valence electrons. The zero-order valence-electron chi connectivity index (χ0n) is 14.7. The van der Waals surface area contributed by atoms with Crippen LogP contribution in [0.3, 0.4) is 0 Å². The van der Waals surface area contributed by atoms with Gasteiger partial charge in [-0.3, -0.25) is 9.59 Å². The van der Waals surface area contributed by atoms with Crippen molar-refractivity contribution in [2.75, 3.05) is 27.2 Å². The fourth-order valence-electron chi connectivity index (χ4n) is 2.21. The molecule has 0 spiro atoms. The summed E-state index contributed by atoms with van der Waals surface area (Å²) in [4.78, 5) is 25.0. The van der Waals surface area contributed by atoms with Crippen LogP contribution in [0.4, 0.5) is 0 Å². The van der Waals surface area contributed by atoms with E-state index in [1.54, 1.807) is 7.05 Å². The molecule has 0 fully saturated rings. The van der Waals surface area contributed by atoms with Gasteiger partial charge in [0, 0.05) is 40.4 Å². The molecule has 1 rings (SSSR count). The van der Waals surface area contributed by atoms with E-state index in [-0.39, 0.29) is 35.4 Å². The third-order valence-corrected chi connectivity index (χ3v) is 5.23. The third kappa shape index (κ3) is 4.81. The topological polar surface area (TPSA) is 99.9 Å². The number of aliphatic carboxylic acids is 1. The Kier molecular flexibility index (Phi) is 6.56. The number of hydrogen-bond acceptors (Lipinski definition) is 4. The van der Waals surface area contributed by atoms with Crippen LogP contribution in [0, 0.1) is 5.92 Å². The Morgan fingerprint density at radius 2 is 1.88 bits per heavy atom. The van der Waals surface area contributed by atoms with E-state index in [2.05, 4.69) is 0 Å². The van der Waals surface area contributed by atoms with Gasteiger partial charge < -0.3 is 14.6 Å². The zero-order valence-corrected chi connectivity index (χ0v) is 15.5. The minimum atomic E-state index is -3.64. The van der Waals surface area contributed by atoms with Crippen LogP contribution in [0.25, 0.3) is 0 Å². The van der Waals surface area contributed by atoms with Crippen LogP contribution in [0.2, 0.25) is 0 Å².